The van der Waals surface area contributed by atoms with E-state index in [2.05, 4.69) is 0 Å². The SMILES string of the molecule is CCN1C(=O)C(C(=O)N(Cc2ccccc2)Cc2ccccc2)C2CC1(C)Oc1ccccc12. The van der Waals surface area contributed by atoms with Gasteiger partial charge in [0.1, 0.15) is 11.7 Å². The maximum absolute atomic E-state index is 14.2. The molecule has 34 heavy (non-hydrogen) atoms. The van der Waals surface area contributed by atoms with Gasteiger partial charge in [-0.05, 0) is 36.6 Å². The molecule has 3 atom stereocenters. The lowest BCUT2D eigenvalue weighted by molar-refractivity contribution is -0.178. The summed E-state index contributed by atoms with van der Waals surface area (Å²) < 4.78 is 6.32. The molecule has 0 radical (unpaired) electrons. The molecule has 0 saturated carbocycles. The van der Waals surface area contributed by atoms with E-state index >= 15 is 0 Å². The minimum atomic E-state index is -0.773. The molecule has 3 aromatic rings. The summed E-state index contributed by atoms with van der Waals surface area (Å²) in [5, 5.41) is 0. The van der Waals surface area contributed by atoms with Crippen molar-refractivity contribution < 1.29 is 14.3 Å². The normalized spacial score (nSPS) is 23.1. The molecule has 3 aromatic carbocycles. The van der Waals surface area contributed by atoms with Crippen molar-refractivity contribution in [1.82, 2.24) is 9.80 Å². The first kappa shape index (κ1) is 22.2. The second-order valence-electron chi connectivity index (χ2n) is 9.35. The predicted molar refractivity (Wildman–Crippen MR) is 131 cm³/mol. The molecule has 174 valence electrons. The summed E-state index contributed by atoms with van der Waals surface area (Å²) in [5.74, 6) is -0.494. The molecule has 0 N–H and O–H groups in total. The third-order valence-electron chi connectivity index (χ3n) is 7.08. The number of hydrogen-bond donors (Lipinski definition) is 0. The van der Waals surface area contributed by atoms with Crippen LogP contribution in [0, 0.1) is 5.92 Å². The van der Waals surface area contributed by atoms with E-state index in [1.807, 2.05) is 104 Å². The van der Waals surface area contributed by atoms with Crippen LogP contribution in [0.25, 0.3) is 0 Å². The molecule has 3 unspecified atom stereocenters. The summed E-state index contributed by atoms with van der Waals surface area (Å²) in [7, 11) is 0. The number of benzene rings is 3. The standard InChI is InChI=1S/C29H30N2O3/c1-3-31-28(33)26(24-18-29(31,2)34-25-17-11-10-16-23(24)25)27(32)30(19-21-12-6-4-7-13-21)20-22-14-8-5-9-15-22/h4-17,24,26H,3,18-20H2,1-2H3. The number of amides is 2. The molecule has 1 saturated heterocycles. The summed E-state index contributed by atoms with van der Waals surface area (Å²) in [5.41, 5.74) is 2.28. The van der Waals surface area contributed by atoms with Gasteiger partial charge in [0, 0.05) is 32.0 Å². The number of hydrogen-bond acceptors (Lipinski definition) is 3. The molecule has 5 heteroatoms. The molecular weight excluding hydrogens is 424 g/mol. The lowest BCUT2D eigenvalue weighted by Gasteiger charge is -2.53. The number of ether oxygens (including phenoxy) is 1. The number of nitrogens with zero attached hydrogens (tertiary/aromatic N) is 2. The highest BCUT2D eigenvalue weighted by atomic mass is 16.5. The van der Waals surface area contributed by atoms with Gasteiger partial charge >= 0.3 is 0 Å². The quantitative estimate of drug-likeness (QED) is 0.494. The molecule has 0 spiro atoms. The fraction of sp³-hybridized carbons (Fsp3) is 0.310. The predicted octanol–water partition coefficient (Wildman–Crippen LogP) is 4.98. The van der Waals surface area contributed by atoms with Gasteiger partial charge in [-0.3, -0.25) is 9.59 Å². The van der Waals surface area contributed by atoms with E-state index in [-0.39, 0.29) is 17.7 Å². The van der Waals surface area contributed by atoms with E-state index in [1.165, 1.54) is 0 Å². The van der Waals surface area contributed by atoms with Crippen LogP contribution >= 0.6 is 0 Å². The number of fused-ring (bicyclic) bond motifs is 4. The van der Waals surface area contributed by atoms with Gasteiger partial charge in [-0.2, -0.15) is 0 Å². The van der Waals surface area contributed by atoms with Crippen LogP contribution in [0.3, 0.4) is 0 Å². The number of rotatable bonds is 6. The molecule has 5 rings (SSSR count). The molecule has 0 aromatic heterocycles. The lowest BCUT2D eigenvalue weighted by Crippen LogP contribution is -2.64. The highest BCUT2D eigenvalue weighted by molar-refractivity contribution is 6.02. The van der Waals surface area contributed by atoms with E-state index in [0.29, 0.717) is 26.1 Å². The molecule has 2 amide bonds. The summed E-state index contributed by atoms with van der Waals surface area (Å²) in [6.45, 7) is 5.30. The molecule has 2 aliphatic heterocycles. The van der Waals surface area contributed by atoms with Crippen LogP contribution in [-0.4, -0.2) is 33.9 Å². The van der Waals surface area contributed by atoms with Gasteiger partial charge in [0.2, 0.25) is 11.8 Å². The summed E-state index contributed by atoms with van der Waals surface area (Å²) in [6, 6.07) is 27.8. The van der Waals surface area contributed by atoms with Crippen LogP contribution in [0.15, 0.2) is 84.9 Å². The monoisotopic (exact) mass is 454 g/mol. The minimum absolute atomic E-state index is 0.125. The Balaban J connectivity index is 1.54. The van der Waals surface area contributed by atoms with Crippen molar-refractivity contribution in [1.29, 1.82) is 0 Å². The van der Waals surface area contributed by atoms with Crippen LogP contribution in [0.4, 0.5) is 0 Å². The first-order valence-electron chi connectivity index (χ1n) is 12.0. The highest BCUT2D eigenvalue weighted by Crippen LogP contribution is 2.50. The Kier molecular flexibility index (Phi) is 5.86. The average Bonchev–Trinajstić information content (AvgIpc) is 2.84. The Hall–Kier alpha value is -3.60. The Morgan fingerprint density at radius 1 is 0.941 bits per heavy atom. The van der Waals surface area contributed by atoms with Gasteiger partial charge in [-0.25, -0.2) is 0 Å². The third kappa shape index (κ3) is 3.96. The Labute approximate surface area is 201 Å². The molecule has 0 aliphatic carbocycles. The molecule has 2 heterocycles. The molecule has 1 fully saturated rings. The van der Waals surface area contributed by atoms with Crippen molar-refractivity contribution in [3.63, 3.8) is 0 Å². The van der Waals surface area contributed by atoms with E-state index < -0.39 is 11.6 Å². The van der Waals surface area contributed by atoms with Gasteiger partial charge in [0.25, 0.3) is 0 Å². The van der Waals surface area contributed by atoms with Crippen LogP contribution in [-0.2, 0) is 22.7 Å². The van der Waals surface area contributed by atoms with Crippen LogP contribution < -0.4 is 4.74 Å². The van der Waals surface area contributed by atoms with E-state index in [9.17, 15) is 9.59 Å². The van der Waals surface area contributed by atoms with Crippen molar-refractivity contribution in [2.45, 2.75) is 45.0 Å². The maximum atomic E-state index is 14.2. The van der Waals surface area contributed by atoms with Crippen molar-refractivity contribution in [2.24, 2.45) is 5.92 Å². The summed E-state index contributed by atoms with van der Waals surface area (Å²) in [4.78, 5) is 31.6. The average molecular weight is 455 g/mol. The van der Waals surface area contributed by atoms with Crippen LogP contribution in [0.5, 0.6) is 5.75 Å². The van der Waals surface area contributed by atoms with Gasteiger partial charge in [0.15, 0.2) is 5.72 Å². The van der Waals surface area contributed by atoms with E-state index in [0.717, 1.165) is 22.4 Å². The zero-order chi connectivity index (χ0) is 23.7. The van der Waals surface area contributed by atoms with Crippen molar-refractivity contribution in [3.05, 3.63) is 102 Å². The van der Waals surface area contributed by atoms with E-state index in [1.54, 1.807) is 4.90 Å². The Morgan fingerprint density at radius 3 is 2.09 bits per heavy atom. The fourth-order valence-electron chi connectivity index (χ4n) is 5.50. The highest BCUT2D eigenvalue weighted by Gasteiger charge is 2.56. The van der Waals surface area contributed by atoms with E-state index in [4.69, 9.17) is 4.74 Å². The largest absolute Gasteiger partial charge is 0.468 e. The summed E-state index contributed by atoms with van der Waals surface area (Å²) in [6.07, 6.45) is 0.602. The zero-order valence-electron chi connectivity index (χ0n) is 19.7. The molecule has 2 aliphatic rings. The molecule has 2 bridgehead atoms. The zero-order valence-corrected chi connectivity index (χ0v) is 19.7. The second kappa shape index (κ2) is 8.98. The van der Waals surface area contributed by atoms with Crippen LogP contribution in [0.2, 0.25) is 0 Å². The minimum Gasteiger partial charge on any atom is -0.468 e. The lowest BCUT2D eigenvalue weighted by atomic mass is 9.73. The first-order chi connectivity index (χ1) is 16.5. The number of para-hydroxylation sites is 1. The number of carbonyl (C=O) groups is 2. The molecular formula is C29H30N2O3. The molecule has 5 nitrogen and oxygen atoms in total. The number of likely N-dealkylation sites (tertiary alicyclic amines) is 1. The topological polar surface area (TPSA) is 49.9 Å². The van der Waals surface area contributed by atoms with Gasteiger partial charge in [0.05, 0.1) is 0 Å². The van der Waals surface area contributed by atoms with Crippen LogP contribution in [0.1, 0.15) is 42.9 Å². The van der Waals surface area contributed by atoms with Crippen molar-refractivity contribution in [2.75, 3.05) is 6.54 Å². The number of piperidine rings is 1. The Bertz CT molecular complexity index is 1140. The number of carbonyl (C=O) groups excluding carboxylic acids is 2. The maximum Gasteiger partial charge on any atom is 0.238 e. The van der Waals surface area contributed by atoms with Crippen molar-refractivity contribution >= 4 is 11.8 Å². The summed E-state index contributed by atoms with van der Waals surface area (Å²) >= 11 is 0. The van der Waals surface area contributed by atoms with Gasteiger partial charge in [-0.1, -0.05) is 78.9 Å². The van der Waals surface area contributed by atoms with Crippen molar-refractivity contribution in [3.8, 4) is 5.75 Å². The van der Waals surface area contributed by atoms with Gasteiger partial charge < -0.3 is 14.5 Å². The third-order valence-corrected chi connectivity index (χ3v) is 7.08. The first-order valence-corrected chi connectivity index (χ1v) is 12.0. The fourth-order valence-corrected chi connectivity index (χ4v) is 5.50. The van der Waals surface area contributed by atoms with Gasteiger partial charge in [-0.15, -0.1) is 0 Å². The Morgan fingerprint density at radius 2 is 1.50 bits per heavy atom. The second-order valence-corrected chi connectivity index (χ2v) is 9.35. The smallest absolute Gasteiger partial charge is 0.238 e.